The fraction of sp³-hybridized carbons (Fsp3) is 0.571. The minimum atomic E-state index is -1.26. The SMILES string of the molecule is CC(OC(=O)CCC(=O)O)C(=O)O. The average Bonchev–Trinajstić information content (AvgIpc) is 2.00. The molecule has 1 unspecified atom stereocenters. The third kappa shape index (κ3) is 5.66. The first kappa shape index (κ1) is 11.4. The van der Waals surface area contributed by atoms with Gasteiger partial charge in [0.15, 0.2) is 6.10 Å². The van der Waals surface area contributed by atoms with E-state index in [4.69, 9.17) is 10.2 Å². The van der Waals surface area contributed by atoms with Crippen molar-refractivity contribution < 1.29 is 29.3 Å². The van der Waals surface area contributed by atoms with Gasteiger partial charge in [-0.2, -0.15) is 0 Å². The topological polar surface area (TPSA) is 101 Å². The molecular formula is C7H10O6. The van der Waals surface area contributed by atoms with Crippen molar-refractivity contribution >= 4 is 17.9 Å². The maximum Gasteiger partial charge on any atom is 0.344 e. The molecule has 0 fully saturated rings. The second-order valence-electron chi connectivity index (χ2n) is 2.36. The first-order valence-corrected chi connectivity index (χ1v) is 3.57. The number of carboxylic acids is 2. The van der Waals surface area contributed by atoms with E-state index in [1.807, 2.05) is 0 Å². The van der Waals surface area contributed by atoms with Crippen molar-refractivity contribution in [3.63, 3.8) is 0 Å². The number of carboxylic acid groups (broad SMARTS) is 2. The summed E-state index contributed by atoms with van der Waals surface area (Å²) < 4.78 is 4.36. The first-order chi connectivity index (χ1) is 5.93. The van der Waals surface area contributed by atoms with Gasteiger partial charge in [-0.3, -0.25) is 9.59 Å². The van der Waals surface area contributed by atoms with Crippen LogP contribution in [0.2, 0.25) is 0 Å². The number of carbonyl (C=O) groups is 3. The summed E-state index contributed by atoms with van der Waals surface area (Å²) in [5.74, 6) is -3.21. The van der Waals surface area contributed by atoms with Gasteiger partial charge in [0, 0.05) is 0 Å². The molecule has 6 nitrogen and oxygen atoms in total. The predicted molar refractivity (Wildman–Crippen MR) is 40.1 cm³/mol. The van der Waals surface area contributed by atoms with Gasteiger partial charge in [0.1, 0.15) is 0 Å². The zero-order valence-corrected chi connectivity index (χ0v) is 7.02. The van der Waals surface area contributed by atoms with Crippen LogP contribution >= 0.6 is 0 Å². The maximum atomic E-state index is 10.7. The highest BCUT2D eigenvalue weighted by atomic mass is 16.6. The Morgan fingerprint density at radius 3 is 2.15 bits per heavy atom. The van der Waals surface area contributed by atoms with Gasteiger partial charge in [-0.05, 0) is 6.92 Å². The molecule has 0 saturated carbocycles. The number of aliphatic carboxylic acids is 2. The molecule has 0 aliphatic carbocycles. The summed E-state index contributed by atoms with van der Waals surface area (Å²) in [6, 6.07) is 0. The zero-order chi connectivity index (χ0) is 10.4. The fourth-order valence-corrected chi connectivity index (χ4v) is 0.515. The largest absolute Gasteiger partial charge is 0.481 e. The monoisotopic (exact) mass is 190 g/mol. The van der Waals surface area contributed by atoms with Crippen LogP contribution in [0.15, 0.2) is 0 Å². The molecule has 0 aliphatic rings. The van der Waals surface area contributed by atoms with Crippen molar-refractivity contribution in [1.29, 1.82) is 0 Å². The number of esters is 1. The summed E-state index contributed by atoms with van der Waals surface area (Å²) in [7, 11) is 0. The van der Waals surface area contributed by atoms with Gasteiger partial charge in [0.25, 0.3) is 0 Å². The smallest absolute Gasteiger partial charge is 0.344 e. The van der Waals surface area contributed by atoms with Crippen LogP contribution in [-0.4, -0.2) is 34.2 Å². The lowest BCUT2D eigenvalue weighted by atomic mass is 10.3. The lowest BCUT2D eigenvalue weighted by Gasteiger charge is -2.07. The molecule has 0 radical (unpaired) electrons. The van der Waals surface area contributed by atoms with Crippen molar-refractivity contribution in [2.45, 2.75) is 25.9 Å². The Morgan fingerprint density at radius 2 is 1.77 bits per heavy atom. The third-order valence-corrected chi connectivity index (χ3v) is 1.20. The molecule has 74 valence electrons. The molecule has 0 saturated heterocycles. The molecule has 2 N–H and O–H groups in total. The van der Waals surface area contributed by atoms with Gasteiger partial charge in [0.05, 0.1) is 12.8 Å². The Kier molecular flexibility index (Phi) is 4.50. The molecule has 0 aromatic rings. The minimum absolute atomic E-state index is 0.313. The molecule has 0 amide bonds. The van der Waals surface area contributed by atoms with E-state index in [-0.39, 0.29) is 12.8 Å². The second kappa shape index (κ2) is 5.13. The van der Waals surface area contributed by atoms with Crippen molar-refractivity contribution in [2.75, 3.05) is 0 Å². The Hall–Kier alpha value is -1.59. The van der Waals surface area contributed by atoms with Gasteiger partial charge in [-0.25, -0.2) is 4.79 Å². The average molecular weight is 190 g/mol. The van der Waals surface area contributed by atoms with E-state index in [0.717, 1.165) is 0 Å². The zero-order valence-electron chi connectivity index (χ0n) is 7.02. The van der Waals surface area contributed by atoms with Crippen LogP contribution < -0.4 is 0 Å². The van der Waals surface area contributed by atoms with E-state index in [0.29, 0.717) is 0 Å². The van der Waals surface area contributed by atoms with Crippen LogP contribution in [0.4, 0.5) is 0 Å². The van der Waals surface area contributed by atoms with Gasteiger partial charge in [-0.1, -0.05) is 0 Å². The number of carbonyl (C=O) groups excluding carboxylic acids is 1. The molecule has 0 bridgehead atoms. The summed E-state index contributed by atoms with van der Waals surface area (Å²) in [5, 5.41) is 16.5. The molecule has 0 rings (SSSR count). The van der Waals surface area contributed by atoms with E-state index < -0.39 is 24.0 Å². The van der Waals surface area contributed by atoms with Crippen LogP contribution in [0, 0.1) is 0 Å². The van der Waals surface area contributed by atoms with Gasteiger partial charge in [0.2, 0.25) is 0 Å². The number of ether oxygens (including phenoxy) is 1. The standard InChI is InChI=1S/C7H10O6/c1-4(7(11)12)13-6(10)3-2-5(8)9/h4H,2-3H2,1H3,(H,8,9)(H,11,12). The minimum Gasteiger partial charge on any atom is -0.481 e. The van der Waals surface area contributed by atoms with Crippen molar-refractivity contribution in [2.24, 2.45) is 0 Å². The quantitative estimate of drug-likeness (QED) is 0.585. The van der Waals surface area contributed by atoms with Crippen molar-refractivity contribution in [3.8, 4) is 0 Å². The molecule has 0 aromatic heterocycles. The van der Waals surface area contributed by atoms with Crippen molar-refractivity contribution in [1.82, 2.24) is 0 Å². The summed E-state index contributed by atoms with van der Waals surface area (Å²) >= 11 is 0. The lowest BCUT2D eigenvalue weighted by molar-refractivity contribution is -0.163. The summed E-state index contributed by atoms with van der Waals surface area (Å²) in [5.41, 5.74) is 0. The second-order valence-corrected chi connectivity index (χ2v) is 2.36. The summed E-state index contributed by atoms with van der Waals surface area (Å²) in [6.07, 6.45) is -1.90. The first-order valence-electron chi connectivity index (χ1n) is 3.57. The summed E-state index contributed by atoms with van der Waals surface area (Å²) in [4.78, 5) is 30.9. The maximum absolute atomic E-state index is 10.7. The van der Waals surface area contributed by atoms with E-state index in [2.05, 4.69) is 4.74 Å². The molecule has 13 heavy (non-hydrogen) atoms. The Balaban J connectivity index is 3.74. The van der Waals surface area contributed by atoms with E-state index in [1.54, 1.807) is 0 Å². The van der Waals surface area contributed by atoms with Gasteiger partial charge in [-0.15, -0.1) is 0 Å². The fourth-order valence-electron chi connectivity index (χ4n) is 0.515. The normalized spacial score (nSPS) is 11.8. The Bertz CT molecular complexity index is 221. The van der Waals surface area contributed by atoms with E-state index >= 15 is 0 Å². The van der Waals surface area contributed by atoms with Crippen LogP contribution in [0.3, 0.4) is 0 Å². The summed E-state index contributed by atoms with van der Waals surface area (Å²) in [6.45, 7) is 1.20. The molecule has 0 aromatic carbocycles. The van der Waals surface area contributed by atoms with Crippen LogP contribution in [-0.2, 0) is 19.1 Å². The lowest BCUT2D eigenvalue weighted by Crippen LogP contribution is -2.23. The molecule has 0 heterocycles. The molecule has 0 spiro atoms. The Morgan fingerprint density at radius 1 is 1.23 bits per heavy atom. The number of rotatable bonds is 5. The van der Waals surface area contributed by atoms with Crippen LogP contribution in [0.25, 0.3) is 0 Å². The third-order valence-electron chi connectivity index (χ3n) is 1.20. The highest BCUT2D eigenvalue weighted by molar-refractivity contribution is 5.80. The molecule has 6 heteroatoms. The highest BCUT2D eigenvalue weighted by Gasteiger charge is 2.16. The Labute approximate surface area is 74.1 Å². The highest BCUT2D eigenvalue weighted by Crippen LogP contribution is 1.97. The molecule has 0 aliphatic heterocycles. The van der Waals surface area contributed by atoms with Gasteiger partial charge >= 0.3 is 17.9 Å². The predicted octanol–water partition coefficient (Wildman–Crippen LogP) is -0.132. The van der Waals surface area contributed by atoms with Gasteiger partial charge < -0.3 is 14.9 Å². The van der Waals surface area contributed by atoms with Crippen LogP contribution in [0.5, 0.6) is 0 Å². The van der Waals surface area contributed by atoms with E-state index in [9.17, 15) is 14.4 Å². The molecule has 1 atom stereocenters. The number of hydrogen-bond donors (Lipinski definition) is 2. The van der Waals surface area contributed by atoms with Crippen molar-refractivity contribution in [3.05, 3.63) is 0 Å². The van der Waals surface area contributed by atoms with E-state index in [1.165, 1.54) is 6.92 Å². The number of hydrogen-bond acceptors (Lipinski definition) is 4. The van der Waals surface area contributed by atoms with Crippen LogP contribution in [0.1, 0.15) is 19.8 Å². The molecular weight excluding hydrogens is 180 g/mol.